The van der Waals surface area contributed by atoms with Crippen LogP contribution in [0.4, 0.5) is 5.69 Å². The fraction of sp³-hybridized carbons (Fsp3) is 0.190. The second-order valence-electron chi connectivity index (χ2n) is 6.34. The van der Waals surface area contributed by atoms with E-state index in [2.05, 4.69) is 0 Å². The molecule has 0 saturated carbocycles. The molecule has 5 heteroatoms. The van der Waals surface area contributed by atoms with Gasteiger partial charge < -0.3 is 5.11 Å². The number of hydrogen-bond acceptors (Lipinski definition) is 3. The number of imide groups is 1. The predicted octanol–water partition coefficient (Wildman–Crippen LogP) is 3.47. The summed E-state index contributed by atoms with van der Waals surface area (Å²) in [5.41, 5.74) is 2.23. The van der Waals surface area contributed by atoms with Gasteiger partial charge in [-0.3, -0.25) is 14.5 Å². The van der Waals surface area contributed by atoms with E-state index in [9.17, 15) is 14.4 Å². The number of anilines is 1. The van der Waals surface area contributed by atoms with Crippen LogP contribution >= 0.6 is 0 Å². The summed E-state index contributed by atoms with van der Waals surface area (Å²) in [4.78, 5) is 37.1. The molecule has 132 valence electrons. The average molecular weight is 349 g/mol. The van der Waals surface area contributed by atoms with Gasteiger partial charge in [-0.1, -0.05) is 49.4 Å². The molecule has 2 aromatic rings. The van der Waals surface area contributed by atoms with Gasteiger partial charge in [0.25, 0.3) is 0 Å². The highest BCUT2D eigenvalue weighted by molar-refractivity contribution is 6.21. The van der Waals surface area contributed by atoms with Crippen LogP contribution in [0, 0.1) is 5.92 Å². The van der Waals surface area contributed by atoms with Crippen molar-refractivity contribution >= 4 is 29.5 Å². The number of carbonyl (C=O) groups is 3. The van der Waals surface area contributed by atoms with Gasteiger partial charge in [0.15, 0.2) is 0 Å². The van der Waals surface area contributed by atoms with E-state index < -0.39 is 5.97 Å². The van der Waals surface area contributed by atoms with Crippen molar-refractivity contribution in [3.63, 3.8) is 0 Å². The number of rotatable bonds is 5. The largest absolute Gasteiger partial charge is 0.478 e. The Labute approximate surface area is 151 Å². The molecule has 2 aromatic carbocycles. The molecule has 1 N–H and O–H groups in total. The van der Waals surface area contributed by atoms with Crippen molar-refractivity contribution in [1.29, 1.82) is 0 Å². The molecule has 26 heavy (non-hydrogen) atoms. The van der Waals surface area contributed by atoms with Crippen LogP contribution in [0.5, 0.6) is 0 Å². The molecule has 2 atom stereocenters. The first kappa shape index (κ1) is 17.6. The Hall–Kier alpha value is -3.21. The summed E-state index contributed by atoms with van der Waals surface area (Å²) in [7, 11) is 0. The molecule has 1 saturated heterocycles. The summed E-state index contributed by atoms with van der Waals surface area (Å²) in [5, 5.41) is 8.66. The number of carbonyl (C=O) groups excluding carboxylic acids is 2. The van der Waals surface area contributed by atoms with Crippen LogP contribution in [0.3, 0.4) is 0 Å². The van der Waals surface area contributed by atoms with Crippen molar-refractivity contribution in [2.45, 2.75) is 19.3 Å². The van der Waals surface area contributed by atoms with E-state index in [0.29, 0.717) is 11.3 Å². The fourth-order valence-corrected chi connectivity index (χ4v) is 3.21. The maximum Gasteiger partial charge on any atom is 0.328 e. The van der Waals surface area contributed by atoms with Gasteiger partial charge in [-0.2, -0.15) is 0 Å². The van der Waals surface area contributed by atoms with Gasteiger partial charge in [0.1, 0.15) is 0 Å². The maximum absolute atomic E-state index is 12.8. The first-order chi connectivity index (χ1) is 12.5. The lowest BCUT2D eigenvalue weighted by atomic mass is 9.86. The van der Waals surface area contributed by atoms with E-state index in [1.54, 1.807) is 24.3 Å². The molecule has 0 unspecified atom stereocenters. The second kappa shape index (κ2) is 7.35. The fourth-order valence-electron chi connectivity index (χ4n) is 3.21. The molecule has 1 fully saturated rings. The van der Waals surface area contributed by atoms with E-state index in [1.165, 1.54) is 11.0 Å². The van der Waals surface area contributed by atoms with Crippen LogP contribution in [0.2, 0.25) is 0 Å². The van der Waals surface area contributed by atoms with Gasteiger partial charge in [0.2, 0.25) is 11.8 Å². The average Bonchev–Trinajstić information content (AvgIpc) is 2.95. The quantitative estimate of drug-likeness (QED) is 0.662. The lowest BCUT2D eigenvalue weighted by molar-refractivity contribution is -0.131. The van der Waals surface area contributed by atoms with Crippen LogP contribution in [-0.2, 0) is 14.4 Å². The van der Waals surface area contributed by atoms with Gasteiger partial charge in [0.05, 0.1) is 11.6 Å². The Bertz CT molecular complexity index is 855. The Balaban J connectivity index is 1.80. The third-order valence-corrected chi connectivity index (χ3v) is 4.68. The minimum atomic E-state index is -1.03. The number of carboxylic acid groups (broad SMARTS) is 1. The summed E-state index contributed by atoms with van der Waals surface area (Å²) >= 11 is 0. The summed E-state index contributed by atoms with van der Waals surface area (Å²) < 4.78 is 0. The monoisotopic (exact) mass is 349 g/mol. The maximum atomic E-state index is 12.8. The molecule has 0 bridgehead atoms. The Morgan fingerprint density at radius 1 is 1.12 bits per heavy atom. The molecule has 0 radical (unpaired) electrons. The summed E-state index contributed by atoms with van der Waals surface area (Å²) in [6.45, 7) is 1.97. The third kappa shape index (κ3) is 3.57. The van der Waals surface area contributed by atoms with E-state index in [-0.39, 0.29) is 30.1 Å². The molecule has 5 nitrogen and oxygen atoms in total. The molecular weight excluding hydrogens is 330 g/mol. The van der Waals surface area contributed by atoms with E-state index >= 15 is 0 Å². The van der Waals surface area contributed by atoms with Crippen molar-refractivity contribution in [2.75, 3.05) is 4.90 Å². The number of carboxylic acids is 1. The Morgan fingerprint density at radius 3 is 2.38 bits per heavy atom. The van der Waals surface area contributed by atoms with Crippen molar-refractivity contribution < 1.29 is 19.5 Å². The zero-order valence-corrected chi connectivity index (χ0v) is 14.3. The van der Waals surface area contributed by atoms with Gasteiger partial charge >= 0.3 is 5.97 Å². The minimum Gasteiger partial charge on any atom is -0.478 e. The van der Waals surface area contributed by atoms with E-state index in [4.69, 9.17) is 5.11 Å². The highest BCUT2D eigenvalue weighted by Gasteiger charge is 2.42. The zero-order valence-electron chi connectivity index (χ0n) is 14.3. The summed E-state index contributed by atoms with van der Waals surface area (Å²) in [6.07, 6.45) is 2.69. The lowest BCUT2D eigenvalue weighted by Gasteiger charge is -2.19. The van der Waals surface area contributed by atoms with Crippen LogP contribution in [0.25, 0.3) is 6.08 Å². The first-order valence-electron chi connectivity index (χ1n) is 8.40. The standard InChI is InChI=1S/C21H19NO4/c1-14(16-5-3-2-4-6-16)18-13-19(23)22(21(18)26)17-10-7-15(8-11-17)9-12-20(24)25/h2-12,14,18H,13H2,1H3,(H,24,25)/b12-9+/t14-,18+/m1/s1. The second-order valence-corrected chi connectivity index (χ2v) is 6.34. The van der Waals surface area contributed by atoms with Crippen molar-refractivity contribution in [2.24, 2.45) is 5.92 Å². The topological polar surface area (TPSA) is 74.7 Å². The Morgan fingerprint density at radius 2 is 1.77 bits per heavy atom. The number of aliphatic carboxylic acids is 1. The lowest BCUT2D eigenvalue weighted by Crippen LogP contribution is -2.31. The molecule has 2 amide bonds. The number of nitrogens with zero attached hydrogens (tertiary/aromatic N) is 1. The normalized spacial score (nSPS) is 18.5. The molecule has 3 rings (SSSR count). The zero-order chi connectivity index (χ0) is 18.7. The van der Waals surface area contributed by atoms with E-state index in [1.807, 2.05) is 37.3 Å². The number of benzene rings is 2. The van der Waals surface area contributed by atoms with Crippen LogP contribution in [-0.4, -0.2) is 22.9 Å². The molecular formula is C21H19NO4. The van der Waals surface area contributed by atoms with Gasteiger partial charge in [-0.15, -0.1) is 0 Å². The highest BCUT2D eigenvalue weighted by Crippen LogP contribution is 2.35. The van der Waals surface area contributed by atoms with E-state index in [0.717, 1.165) is 11.6 Å². The predicted molar refractivity (Wildman–Crippen MR) is 98.6 cm³/mol. The molecule has 1 heterocycles. The van der Waals surface area contributed by atoms with Crippen molar-refractivity contribution in [3.8, 4) is 0 Å². The van der Waals surface area contributed by atoms with Crippen LogP contribution in [0.1, 0.15) is 30.4 Å². The smallest absolute Gasteiger partial charge is 0.328 e. The van der Waals surface area contributed by atoms with Gasteiger partial charge in [0, 0.05) is 12.5 Å². The van der Waals surface area contributed by atoms with Crippen LogP contribution in [0.15, 0.2) is 60.7 Å². The van der Waals surface area contributed by atoms with Crippen LogP contribution < -0.4 is 4.90 Å². The van der Waals surface area contributed by atoms with Crippen molar-refractivity contribution in [1.82, 2.24) is 0 Å². The Kier molecular flexibility index (Phi) is 4.98. The molecule has 0 spiro atoms. The molecule has 0 aromatic heterocycles. The summed E-state index contributed by atoms with van der Waals surface area (Å²) in [5.74, 6) is -1.86. The van der Waals surface area contributed by atoms with Gasteiger partial charge in [-0.25, -0.2) is 4.79 Å². The number of amides is 2. The molecule has 1 aliphatic heterocycles. The minimum absolute atomic E-state index is 0.0459. The highest BCUT2D eigenvalue weighted by atomic mass is 16.4. The van der Waals surface area contributed by atoms with Gasteiger partial charge in [-0.05, 0) is 35.3 Å². The third-order valence-electron chi connectivity index (χ3n) is 4.68. The molecule has 1 aliphatic rings. The SMILES string of the molecule is C[C@H](c1ccccc1)[C@@H]1CC(=O)N(c2ccc(/C=C/C(=O)O)cc2)C1=O. The van der Waals surface area contributed by atoms with Crippen molar-refractivity contribution in [3.05, 3.63) is 71.8 Å². The summed E-state index contributed by atoms with van der Waals surface area (Å²) in [6, 6.07) is 16.4. The number of hydrogen-bond donors (Lipinski definition) is 1. The molecule has 0 aliphatic carbocycles. The first-order valence-corrected chi connectivity index (χ1v) is 8.40.